The first-order valence-corrected chi connectivity index (χ1v) is 9.83. The lowest BCUT2D eigenvalue weighted by atomic mass is 10.0. The van der Waals surface area contributed by atoms with Crippen LogP contribution < -0.4 is 14.8 Å². The Morgan fingerprint density at radius 1 is 1.14 bits per heavy atom. The lowest BCUT2D eigenvalue weighted by molar-refractivity contribution is -0.118. The normalized spacial score (nSPS) is 17.2. The highest BCUT2D eigenvalue weighted by Crippen LogP contribution is 2.28. The largest absolute Gasteiger partial charge is 0.497 e. The number of nitrogens with one attached hydrogen (secondary N) is 1. The van der Waals surface area contributed by atoms with Gasteiger partial charge in [0.2, 0.25) is 0 Å². The van der Waals surface area contributed by atoms with Gasteiger partial charge in [-0.05, 0) is 55.8 Å². The molecule has 0 spiro atoms. The third-order valence-corrected chi connectivity index (χ3v) is 5.46. The number of hydrogen-bond donors (Lipinski definition) is 1. The Bertz CT molecular complexity index is 854. The Morgan fingerprint density at radius 2 is 1.89 bits per heavy atom. The minimum Gasteiger partial charge on any atom is -0.497 e. The van der Waals surface area contributed by atoms with Crippen LogP contribution in [0.2, 0.25) is 0 Å². The molecule has 1 unspecified atom stereocenters. The van der Waals surface area contributed by atoms with E-state index in [-0.39, 0.29) is 11.9 Å². The van der Waals surface area contributed by atoms with Gasteiger partial charge < -0.3 is 14.8 Å². The Kier molecular flexibility index (Phi) is 5.63. The molecule has 2 aromatic carbocycles. The summed E-state index contributed by atoms with van der Waals surface area (Å²) in [4.78, 5) is 15.2. The molecule has 5 heteroatoms. The fraction of sp³-hybridized carbons (Fsp3) is 0.348. The van der Waals surface area contributed by atoms with Gasteiger partial charge in [0.05, 0.1) is 18.7 Å². The molecule has 0 radical (unpaired) electrons. The van der Waals surface area contributed by atoms with Gasteiger partial charge in [0, 0.05) is 12.1 Å². The molecule has 28 heavy (non-hydrogen) atoms. The van der Waals surface area contributed by atoms with Crippen molar-refractivity contribution in [1.82, 2.24) is 10.2 Å². The summed E-state index contributed by atoms with van der Waals surface area (Å²) in [6, 6.07) is 16.1. The summed E-state index contributed by atoms with van der Waals surface area (Å²) in [6.07, 6.45) is 4.33. The van der Waals surface area contributed by atoms with Gasteiger partial charge in [-0.15, -0.1) is 0 Å². The maximum Gasteiger partial charge on any atom is 0.250 e. The van der Waals surface area contributed by atoms with Crippen LogP contribution in [0, 0.1) is 0 Å². The summed E-state index contributed by atoms with van der Waals surface area (Å²) in [5, 5.41) is 3.13. The maximum atomic E-state index is 12.8. The van der Waals surface area contributed by atoms with Crippen LogP contribution in [0.15, 0.2) is 54.1 Å². The Morgan fingerprint density at radius 3 is 2.64 bits per heavy atom. The van der Waals surface area contributed by atoms with Gasteiger partial charge >= 0.3 is 0 Å². The average molecular weight is 378 g/mol. The van der Waals surface area contributed by atoms with E-state index in [1.165, 1.54) is 18.4 Å². The number of methoxy groups -OCH3 is 1. The smallest absolute Gasteiger partial charge is 0.250 e. The van der Waals surface area contributed by atoms with E-state index in [9.17, 15) is 4.79 Å². The number of hydrogen-bond acceptors (Lipinski definition) is 4. The number of benzene rings is 2. The number of amides is 1. The predicted molar refractivity (Wildman–Crippen MR) is 109 cm³/mol. The highest BCUT2D eigenvalue weighted by atomic mass is 16.5. The second kappa shape index (κ2) is 8.48. The second-order valence-electron chi connectivity index (χ2n) is 7.24. The van der Waals surface area contributed by atoms with Crippen LogP contribution in [-0.4, -0.2) is 44.2 Å². The average Bonchev–Trinajstić information content (AvgIpc) is 3.28. The van der Waals surface area contributed by atoms with Crippen molar-refractivity contribution in [3.05, 3.63) is 65.2 Å². The molecule has 1 amide bonds. The SMILES string of the molecule is COc1ccc(C(CNC(=O)C2=Cc3ccccc3OC2)N2CCCC2)cc1. The summed E-state index contributed by atoms with van der Waals surface area (Å²) in [7, 11) is 1.67. The number of carbonyl (C=O) groups excluding carboxylic acids is 1. The summed E-state index contributed by atoms with van der Waals surface area (Å²) < 4.78 is 11.0. The third-order valence-electron chi connectivity index (χ3n) is 5.46. The highest BCUT2D eigenvalue weighted by molar-refractivity contribution is 5.99. The Balaban J connectivity index is 1.46. The number of fused-ring (bicyclic) bond motifs is 1. The molecule has 1 N–H and O–H groups in total. The van der Waals surface area contributed by atoms with E-state index in [0.717, 1.165) is 30.2 Å². The first-order chi connectivity index (χ1) is 13.7. The van der Waals surface area contributed by atoms with Crippen LogP contribution in [0.1, 0.15) is 30.0 Å². The molecule has 0 aliphatic carbocycles. The molecule has 0 aromatic heterocycles. The van der Waals surface area contributed by atoms with E-state index in [1.54, 1.807) is 7.11 Å². The summed E-state index contributed by atoms with van der Waals surface area (Å²) in [5.41, 5.74) is 2.81. The van der Waals surface area contributed by atoms with E-state index in [4.69, 9.17) is 9.47 Å². The molecule has 1 saturated heterocycles. The zero-order valence-corrected chi connectivity index (χ0v) is 16.2. The lowest BCUT2D eigenvalue weighted by Crippen LogP contribution is -2.38. The van der Waals surface area contributed by atoms with Crippen molar-refractivity contribution in [3.63, 3.8) is 0 Å². The summed E-state index contributed by atoms with van der Waals surface area (Å²) in [5.74, 6) is 1.61. The van der Waals surface area contributed by atoms with Crippen molar-refractivity contribution in [3.8, 4) is 11.5 Å². The fourth-order valence-electron chi connectivity index (χ4n) is 3.89. The number of para-hydroxylation sites is 1. The Labute approximate surface area is 165 Å². The van der Waals surface area contributed by atoms with E-state index in [0.29, 0.717) is 18.7 Å². The minimum atomic E-state index is -0.0628. The number of nitrogens with zero attached hydrogens (tertiary/aromatic N) is 1. The van der Waals surface area contributed by atoms with E-state index < -0.39 is 0 Å². The van der Waals surface area contributed by atoms with Crippen molar-refractivity contribution in [2.75, 3.05) is 33.4 Å². The van der Waals surface area contributed by atoms with Crippen molar-refractivity contribution in [2.45, 2.75) is 18.9 Å². The molecule has 2 aromatic rings. The standard InChI is InChI=1S/C23H26N2O3/c1-27-20-10-8-17(9-11-20)21(25-12-4-5-13-25)15-24-23(26)19-14-18-6-2-3-7-22(18)28-16-19/h2-3,6-11,14,21H,4-5,12-13,15-16H2,1H3,(H,24,26). The third kappa shape index (κ3) is 4.04. The lowest BCUT2D eigenvalue weighted by Gasteiger charge is -2.28. The first kappa shape index (κ1) is 18.6. The van der Waals surface area contributed by atoms with Gasteiger partial charge in [-0.1, -0.05) is 30.3 Å². The Hall–Kier alpha value is -2.79. The van der Waals surface area contributed by atoms with Gasteiger partial charge in [0.15, 0.2) is 0 Å². The van der Waals surface area contributed by atoms with Gasteiger partial charge in [0.1, 0.15) is 18.1 Å². The van der Waals surface area contributed by atoms with E-state index in [2.05, 4.69) is 22.3 Å². The summed E-state index contributed by atoms with van der Waals surface area (Å²) >= 11 is 0. The van der Waals surface area contributed by atoms with E-state index in [1.807, 2.05) is 42.5 Å². The molecular weight excluding hydrogens is 352 g/mol. The van der Waals surface area contributed by atoms with Crippen LogP contribution in [0.4, 0.5) is 0 Å². The van der Waals surface area contributed by atoms with Gasteiger partial charge in [-0.3, -0.25) is 9.69 Å². The van der Waals surface area contributed by atoms with Crippen LogP contribution in [0.25, 0.3) is 6.08 Å². The molecule has 2 aliphatic heterocycles. The number of carbonyl (C=O) groups is 1. The van der Waals surface area contributed by atoms with Crippen LogP contribution in [0.3, 0.4) is 0 Å². The van der Waals surface area contributed by atoms with Gasteiger partial charge in [-0.25, -0.2) is 0 Å². The molecule has 5 nitrogen and oxygen atoms in total. The fourth-order valence-corrected chi connectivity index (χ4v) is 3.89. The minimum absolute atomic E-state index is 0.0628. The molecule has 0 saturated carbocycles. The highest BCUT2D eigenvalue weighted by Gasteiger charge is 2.25. The van der Waals surface area contributed by atoms with Crippen molar-refractivity contribution in [1.29, 1.82) is 0 Å². The van der Waals surface area contributed by atoms with Crippen LogP contribution in [0.5, 0.6) is 11.5 Å². The van der Waals surface area contributed by atoms with Crippen molar-refractivity contribution in [2.24, 2.45) is 0 Å². The molecule has 2 heterocycles. The molecular formula is C23H26N2O3. The molecule has 1 fully saturated rings. The number of likely N-dealkylation sites (tertiary alicyclic amines) is 1. The second-order valence-corrected chi connectivity index (χ2v) is 7.24. The van der Waals surface area contributed by atoms with Gasteiger partial charge in [0.25, 0.3) is 5.91 Å². The molecule has 1 atom stereocenters. The zero-order chi connectivity index (χ0) is 19.3. The maximum absolute atomic E-state index is 12.8. The van der Waals surface area contributed by atoms with Crippen LogP contribution in [-0.2, 0) is 4.79 Å². The predicted octanol–water partition coefficient (Wildman–Crippen LogP) is 3.42. The van der Waals surface area contributed by atoms with Gasteiger partial charge in [-0.2, -0.15) is 0 Å². The quantitative estimate of drug-likeness (QED) is 0.837. The number of rotatable bonds is 6. The van der Waals surface area contributed by atoms with Crippen LogP contribution >= 0.6 is 0 Å². The monoisotopic (exact) mass is 378 g/mol. The molecule has 2 aliphatic rings. The molecule has 0 bridgehead atoms. The van der Waals surface area contributed by atoms with Crippen molar-refractivity contribution < 1.29 is 14.3 Å². The van der Waals surface area contributed by atoms with E-state index >= 15 is 0 Å². The number of ether oxygens (including phenoxy) is 2. The van der Waals surface area contributed by atoms with Crippen molar-refractivity contribution >= 4 is 12.0 Å². The first-order valence-electron chi connectivity index (χ1n) is 9.83. The molecule has 4 rings (SSSR count). The zero-order valence-electron chi connectivity index (χ0n) is 16.2. The molecule has 146 valence electrons. The topological polar surface area (TPSA) is 50.8 Å². The summed E-state index contributed by atoms with van der Waals surface area (Å²) in [6.45, 7) is 3.00.